The summed E-state index contributed by atoms with van der Waals surface area (Å²) in [5.74, 6) is 4.20. The van der Waals surface area contributed by atoms with E-state index >= 15 is 0 Å². The van der Waals surface area contributed by atoms with Gasteiger partial charge in [0.15, 0.2) is 5.78 Å². The van der Waals surface area contributed by atoms with Crippen molar-refractivity contribution in [1.29, 1.82) is 0 Å². The molecule has 3 nitrogen and oxygen atoms in total. The van der Waals surface area contributed by atoms with Gasteiger partial charge in [0.2, 0.25) is 0 Å². The number of nitrogens with two attached hydrogens (primary N) is 1. The fraction of sp³-hybridized carbons (Fsp3) is 0.706. The molecule has 0 saturated heterocycles. The summed E-state index contributed by atoms with van der Waals surface area (Å²) in [5, 5.41) is 0. The summed E-state index contributed by atoms with van der Waals surface area (Å²) < 4.78 is 0. The van der Waals surface area contributed by atoms with Gasteiger partial charge >= 0.3 is 0 Å². The van der Waals surface area contributed by atoms with Crippen LogP contribution in [0.1, 0.15) is 66.7 Å². The van der Waals surface area contributed by atoms with E-state index < -0.39 is 0 Å². The molecule has 0 spiro atoms. The fourth-order valence-electron chi connectivity index (χ4n) is 5.78. The van der Waals surface area contributed by atoms with Gasteiger partial charge in [-0.1, -0.05) is 0 Å². The van der Waals surface area contributed by atoms with Crippen molar-refractivity contribution in [2.24, 2.45) is 23.7 Å². The average Bonchev–Trinajstić information content (AvgIpc) is 2.63. The quantitative estimate of drug-likeness (QED) is 0.807. The van der Waals surface area contributed by atoms with E-state index in [1.54, 1.807) is 6.92 Å². The van der Waals surface area contributed by atoms with E-state index in [9.17, 15) is 4.79 Å². The van der Waals surface area contributed by atoms with Crippen LogP contribution in [0.3, 0.4) is 0 Å². The zero-order valence-electron chi connectivity index (χ0n) is 12.4. The van der Waals surface area contributed by atoms with Gasteiger partial charge in [0, 0.05) is 17.3 Å². The van der Waals surface area contributed by atoms with Crippen LogP contribution >= 0.6 is 0 Å². The van der Waals surface area contributed by atoms with Crippen LogP contribution < -0.4 is 5.73 Å². The second kappa shape index (κ2) is 4.12. The van der Waals surface area contributed by atoms with Crippen molar-refractivity contribution in [3.63, 3.8) is 0 Å². The number of aromatic nitrogens is 1. The number of nitrogen functional groups attached to an aromatic ring is 1. The van der Waals surface area contributed by atoms with Crippen LogP contribution in [-0.2, 0) is 0 Å². The molecule has 4 bridgehead atoms. The minimum absolute atomic E-state index is 0.0892. The minimum Gasteiger partial charge on any atom is -0.397 e. The summed E-state index contributed by atoms with van der Waals surface area (Å²) in [6.45, 7) is 3.60. The predicted octanol–water partition coefficient (Wildman–Crippen LogP) is 3.65. The highest BCUT2D eigenvalue weighted by Crippen LogP contribution is 2.60. The van der Waals surface area contributed by atoms with E-state index in [1.165, 1.54) is 37.8 Å². The predicted molar refractivity (Wildman–Crippen MR) is 79.7 cm³/mol. The highest BCUT2D eigenvalue weighted by molar-refractivity contribution is 6.01. The summed E-state index contributed by atoms with van der Waals surface area (Å²) in [6.07, 6.45) is 6.99. The van der Waals surface area contributed by atoms with Gasteiger partial charge in [-0.2, -0.15) is 0 Å². The minimum atomic E-state index is 0.0892. The van der Waals surface area contributed by atoms with Crippen LogP contribution in [0, 0.1) is 30.6 Å². The fourth-order valence-corrected chi connectivity index (χ4v) is 5.78. The Morgan fingerprint density at radius 3 is 2.10 bits per heavy atom. The molecule has 3 N–H and O–H groups in total. The van der Waals surface area contributed by atoms with Crippen LogP contribution in [0.2, 0.25) is 0 Å². The number of hydrogen-bond acceptors (Lipinski definition) is 2. The first-order valence-corrected chi connectivity index (χ1v) is 8.03. The van der Waals surface area contributed by atoms with Gasteiger partial charge in [-0.05, 0) is 69.6 Å². The van der Waals surface area contributed by atoms with Gasteiger partial charge < -0.3 is 10.7 Å². The number of carbonyl (C=O) groups excluding carboxylic acids is 1. The number of aromatic amines is 1. The van der Waals surface area contributed by atoms with Crippen LogP contribution in [0.5, 0.6) is 0 Å². The molecule has 0 radical (unpaired) electrons. The van der Waals surface area contributed by atoms with Crippen molar-refractivity contribution in [1.82, 2.24) is 4.98 Å². The van der Waals surface area contributed by atoms with Gasteiger partial charge in [-0.25, -0.2) is 0 Å². The van der Waals surface area contributed by atoms with E-state index in [-0.39, 0.29) is 5.78 Å². The Labute approximate surface area is 120 Å². The number of H-pyrrole nitrogens is 1. The Hall–Kier alpha value is -1.25. The molecule has 4 aliphatic rings. The van der Waals surface area contributed by atoms with Crippen LogP contribution in [0.4, 0.5) is 5.69 Å². The number of carbonyl (C=O) groups is 1. The first kappa shape index (κ1) is 12.5. The number of hydrogen-bond donors (Lipinski definition) is 2. The normalized spacial score (nSPS) is 38.4. The maximum atomic E-state index is 11.8. The molecule has 0 atom stereocenters. The molecule has 0 aromatic carbocycles. The van der Waals surface area contributed by atoms with E-state index in [2.05, 4.69) is 4.98 Å². The second-order valence-electron chi connectivity index (χ2n) is 7.47. The van der Waals surface area contributed by atoms with Crippen molar-refractivity contribution in [3.8, 4) is 0 Å². The molecule has 108 valence electrons. The van der Waals surface area contributed by atoms with Crippen LogP contribution in [0.15, 0.2) is 0 Å². The molecule has 20 heavy (non-hydrogen) atoms. The van der Waals surface area contributed by atoms with Crippen molar-refractivity contribution >= 4 is 11.5 Å². The number of Topliss-reactive ketones (excluding diaryl/α,β-unsaturated/α-hetero) is 1. The van der Waals surface area contributed by atoms with E-state index in [4.69, 9.17) is 5.73 Å². The van der Waals surface area contributed by atoms with E-state index in [0.717, 1.165) is 40.6 Å². The highest BCUT2D eigenvalue weighted by atomic mass is 16.1. The lowest BCUT2D eigenvalue weighted by molar-refractivity contribution is -0.00378. The average molecular weight is 272 g/mol. The molecule has 1 aromatic rings. The third kappa shape index (κ3) is 1.61. The lowest BCUT2D eigenvalue weighted by Crippen LogP contribution is -2.44. The molecule has 0 aliphatic heterocycles. The third-order valence-corrected chi connectivity index (χ3v) is 6.17. The third-order valence-electron chi connectivity index (χ3n) is 6.17. The standard InChI is InChI=1S/C17H24N2O/c1-8-14(9(2)20)16(18)17(19-8)15-12-4-10-3-11(6-12)7-13(15)5-10/h10-13,15,19H,3-7,18H2,1-2H3. The summed E-state index contributed by atoms with van der Waals surface area (Å²) in [7, 11) is 0. The van der Waals surface area contributed by atoms with Crippen LogP contribution in [-0.4, -0.2) is 10.8 Å². The smallest absolute Gasteiger partial charge is 0.163 e. The maximum absolute atomic E-state index is 11.8. The molecule has 0 amide bonds. The zero-order valence-corrected chi connectivity index (χ0v) is 12.4. The Morgan fingerprint density at radius 1 is 1.10 bits per heavy atom. The molecule has 1 aromatic heterocycles. The number of nitrogens with one attached hydrogen (secondary N) is 1. The van der Waals surface area contributed by atoms with Crippen molar-refractivity contribution in [3.05, 3.63) is 17.0 Å². The lowest BCUT2D eigenvalue weighted by atomic mass is 9.51. The van der Waals surface area contributed by atoms with Gasteiger partial charge in [0.25, 0.3) is 0 Å². The highest BCUT2D eigenvalue weighted by Gasteiger charge is 2.49. The van der Waals surface area contributed by atoms with E-state index in [1.807, 2.05) is 6.92 Å². The first-order valence-electron chi connectivity index (χ1n) is 8.03. The molecule has 4 saturated carbocycles. The van der Waals surface area contributed by atoms with Crippen molar-refractivity contribution in [2.75, 3.05) is 5.73 Å². The van der Waals surface area contributed by atoms with Gasteiger partial charge in [0.1, 0.15) is 0 Å². The Kier molecular flexibility index (Phi) is 2.57. The summed E-state index contributed by atoms with van der Waals surface area (Å²) >= 11 is 0. The summed E-state index contributed by atoms with van der Waals surface area (Å²) in [4.78, 5) is 15.3. The first-order chi connectivity index (χ1) is 9.54. The molecule has 3 heteroatoms. The van der Waals surface area contributed by atoms with Crippen LogP contribution in [0.25, 0.3) is 0 Å². The second-order valence-corrected chi connectivity index (χ2v) is 7.47. The number of aryl methyl sites for hydroxylation is 1. The topological polar surface area (TPSA) is 58.9 Å². The monoisotopic (exact) mass is 272 g/mol. The molecule has 4 aliphatic carbocycles. The van der Waals surface area contributed by atoms with E-state index in [0.29, 0.717) is 5.92 Å². The number of ketones is 1. The van der Waals surface area contributed by atoms with Crippen molar-refractivity contribution < 1.29 is 4.79 Å². The Balaban J connectivity index is 1.75. The van der Waals surface area contributed by atoms with Crippen molar-refractivity contribution in [2.45, 2.75) is 51.9 Å². The van der Waals surface area contributed by atoms with Gasteiger partial charge in [0.05, 0.1) is 11.3 Å². The Bertz CT molecular complexity index is 544. The Morgan fingerprint density at radius 2 is 1.65 bits per heavy atom. The van der Waals surface area contributed by atoms with Gasteiger partial charge in [-0.15, -0.1) is 0 Å². The largest absolute Gasteiger partial charge is 0.397 e. The molecular formula is C17H24N2O. The molecule has 4 fully saturated rings. The SMILES string of the molecule is CC(=O)c1c(C)[nH]c(C2C3CC4CC(C3)CC2C4)c1N. The number of anilines is 1. The molecular weight excluding hydrogens is 248 g/mol. The summed E-state index contributed by atoms with van der Waals surface area (Å²) in [6, 6.07) is 0. The molecule has 0 unspecified atom stereocenters. The number of rotatable bonds is 2. The molecule has 1 heterocycles. The molecule has 5 rings (SSSR count). The maximum Gasteiger partial charge on any atom is 0.163 e. The lowest BCUT2D eigenvalue weighted by Gasteiger charge is -2.54. The van der Waals surface area contributed by atoms with Gasteiger partial charge in [-0.3, -0.25) is 4.79 Å². The zero-order chi connectivity index (χ0) is 14.0. The summed E-state index contributed by atoms with van der Waals surface area (Å²) in [5.41, 5.74) is 9.95.